The molecule has 0 unspecified atom stereocenters. The summed E-state index contributed by atoms with van der Waals surface area (Å²) in [6.07, 6.45) is 5.35. The summed E-state index contributed by atoms with van der Waals surface area (Å²) < 4.78 is 7.97. The molecule has 3 rings (SSSR count). The molecule has 5 nitrogen and oxygen atoms in total. The average Bonchev–Trinajstić information content (AvgIpc) is 3.14. The Hall–Kier alpha value is -3.08. The van der Waals surface area contributed by atoms with Gasteiger partial charge in [0.05, 0.1) is 5.56 Å². The van der Waals surface area contributed by atoms with E-state index in [1.165, 1.54) is 5.56 Å². The molecular formula is C20H22N4O. The molecule has 0 bridgehead atoms. The number of para-hydroxylation sites is 1. The van der Waals surface area contributed by atoms with Crippen LogP contribution in [0.4, 0.5) is 0 Å². The maximum atomic E-state index is 6.09. The lowest BCUT2D eigenvalue weighted by atomic mass is 10.1. The van der Waals surface area contributed by atoms with Crippen molar-refractivity contribution in [1.82, 2.24) is 14.6 Å². The smallest absolute Gasteiger partial charge is 0.168 e. The molecule has 1 heterocycles. The summed E-state index contributed by atoms with van der Waals surface area (Å²) in [7, 11) is 3.79. The number of aryl methyl sites for hydroxylation is 1. The lowest BCUT2D eigenvalue weighted by molar-refractivity contribution is 0.305. The summed E-state index contributed by atoms with van der Waals surface area (Å²) in [5.41, 5.74) is 3.29. The Bertz CT molecular complexity index is 836. The Morgan fingerprint density at radius 3 is 2.56 bits per heavy atom. The van der Waals surface area contributed by atoms with Gasteiger partial charge in [0.15, 0.2) is 5.84 Å². The molecule has 0 spiro atoms. The lowest BCUT2D eigenvalue weighted by Crippen LogP contribution is -2.18. The van der Waals surface area contributed by atoms with Crippen molar-refractivity contribution in [2.45, 2.75) is 13.5 Å². The van der Waals surface area contributed by atoms with Crippen LogP contribution in [0.3, 0.4) is 0 Å². The monoisotopic (exact) mass is 334 g/mol. The Morgan fingerprint density at radius 2 is 1.88 bits per heavy atom. The fourth-order valence-electron chi connectivity index (χ4n) is 2.44. The van der Waals surface area contributed by atoms with Crippen molar-refractivity contribution in [2.24, 2.45) is 5.10 Å². The van der Waals surface area contributed by atoms with Gasteiger partial charge in [-0.25, -0.2) is 4.98 Å². The van der Waals surface area contributed by atoms with Gasteiger partial charge in [0.2, 0.25) is 0 Å². The van der Waals surface area contributed by atoms with E-state index in [1.807, 2.05) is 49.1 Å². The molecule has 0 aliphatic rings. The molecule has 3 aromatic rings. The van der Waals surface area contributed by atoms with Gasteiger partial charge in [0, 0.05) is 26.5 Å². The normalized spacial score (nSPS) is 11.4. The number of nitrogens with zero attached hydrogens (tertiary/aromatic N) is 4. The van der Waals surface area contributed by atoms with Crippen LogP contribution >= 0.6 is 0 Å². The largest absolute Gasteiger partial charge is 0.488 e. The van der Waals surface area contributed by atoms with E-state index < -0.39 is 0 Å². The number of ether oxygens (including phenoxy) is 1. The van der Waals surface area contributed by atoms with Crippen molar-refractivity contribution in [2.75, 3.05) is 14.1 Å². The topological polar surface area (TPSA) is 42.6 Å². The molecule has 5 heteroatoms. The van der Waals surface area contributed by atoms with E-state index in [1.54, 1.807) is 17.5 Å². The standard InChI is InChI=1S/C20H22N4O/c1-16-8-10-17(11-9-16)14-25-19-7-5-4-6-18(19)20(22-23(2)3)24-13-12-21-15-24/h4-13,15H,14H2,1-3H3/b22-20-. The van der Waals surface area contributed by atoms with Gasteiger partial charge in [-0.1, -0.05) is 42.0 Å². The molecule has 128 valence electrons. The zero-order valence-electron chi connectivity index (χ0n) is 14.8. The van der Waals surface area contributed by atoms with E-state index >= 15 is 0 Å². The highest BCUT2D eigenvalue weighted by Crippen LogP contribution is 2.21. The maximum Gasteiger partial charge on any atom is 0.168 e. The molecule has 0 aliphatic heterocycles. The minimum absolute atomic E-state index is 0.510. The van der Waals surface area contributed by atoms with Gasteiger partial charge in [-0.2, -0.15) is 5.10 Å². The Labute approximate surface area is 148 Å². The number of rotatable bonds is 5. The molecule has 0 saturated heterocycles. The summed E-state index contributed by atoms with van der Waals surface area (Å²) in [4.78, 5) is 4.13. The van der Waals surface area contributed by atoms with E-state index in [2.05, 4.69) is 41.3 Å². The molecule has 0 saturated carbocycles. The van der Waals surface area contributed by atoms with Gasteiger partial charge in [-0.05, 0) is 24.6 Å². The summed E-state index contributed by atoms with van der Waals surface area (Å²) in [5, 5.41) is 6.38. The van der Waals surface area contributed by atoms with Gasteiger partial charge in [0.1, 0.15) is 18.7 Å². The molecular weight excluding hydrogens is 312 g/mol. The van der Waals surface area contributed by atoms with Gasteiger partial charge >= 0.3 is 0 Å². The third-order valence-corrected chi connectivity index (χ3v) is 3.69. The predicted octanol–water partition coefficient (Wildman–Crippen LogP) is 3.54. The Kier molecular flexibility index (Phi) is 5.14. The molecule has 2 aromatic carbocycles. The van der Waals surface area contributed by atoms with E-state index in [-0.39, 0.29) is 0 Å². The van der Waals surface area contributed by atoms with Crippen LogP contribution < -0.4 is 4.74 Å². The van der Waals surface area contributed by atoms with E-state index in [0.29, 0.717) is 6.61 Å². The fraction of sp³-hybridized carbons (Fsp3) is 0.200. The van der Waals surface area contributed by atoms with Crippen LogP contribution in [0.5, 0.6) is 5.75 Å². The molecule has 0 aliphatic carbocycles. The highest BCUT2D eigenvalue weighted by molar-refractivity contribution is 6.02. The number of benzene rings is 2. The molecule has 0 radical (unpaired) electrons. The molecule has 0 fully saturated rings. The SMILES string of the molecule is Cc1ccc(COc2ccccc2/C(=N/N(C)C)n2ccnc2)cc1. The molecule has 0 atom stereocenters. The first-order chi connectivity index (χ1) is 12.1. The van der Waals surface area contributed by atoms with E-state index in [4.69, 9.17) is 4.74 Å². The van der Waals surface area contributed by atoms with Crippen LogP contribution in [-0.2, 0) is 6.61 Å². The Balaban J connectivity index is 1.90. The molecule has 0 N–H and O–H groups in total. The van der Waals surface area contributed by atoms with Gasteiger partial charge in [-0.15, -0.1) is 0 Å². The third kappa shape index (κ3) is 4.26. The van der Waals surface area contributed by atoms with Crippen LogP contribution in [0, 0.1) is 6.92 Å². The van der Waals surface area contributed by atoms with Gasteiger partial charge in [0.25, 0.3) is 0 Å². The lowest BCUT2D eigenvalue weighted by Gasteiger charge is -2.16. The quantitative estimate of drug-likeness (QED) is 0.407. The molecule has 25 heavy (non-hydrogen) atoms. The minimum Gasteiger partial charge on any atom is -0.488 e. The summed E-state index contributed by atoms with van der Waals surface area (Å²) in [5.74, 6) is 1.55. The number of aromatic nitrogens is 2. The van der Waals surface area contributed by atoms with Crippen LogP contribution in [0.2, 0.25) is 0 Å². The summed E-state index contributed by atoms with van der Waals surface area (Å²) in [6, 6.07) is 16.3. The van der Waals surface area contributed by atoms with Crippen LogP contribution in [0.15, 0.2) is 72.4 Å². The number of hydrogen-bond donors (Lipinski definition) is 0. The van der Waals surface area contributed by atoms with Crippen molar-refractivity contribution in [3.8, 4) is 5.75 Å². The highest BCUT2D eigenvalue weighted by atomic mass is 16.5. The predicted molar refractivity (Wildman–Crippen MR) is 99.8 cm³/mol. The van der Waals surface area contributed by atoms with E-state index in [9.17, 15) is 0 Å². The molecule has 0 amide bonds. The van der Waals surface area contributed by atoms with Crippen molar-refractivity contribution < 1.29 is 4.74 Å². The van der Waals surface area contributed by atoms with Crippen LogP contribution in [0.1, 0.15) is 16.7 Å². The zero-order valence-corrected chi connectivity index (χ0v) is 14.8. The molecule has 1 aromatic heterocycles. The first-order valence-electron chi connectivity index (χ1n) is 8.15. The fourth-order valence-corrected chi connectivity index (χ4v) is 2.44. The Morgan fingerprint density at radius 1 is 1.12 bits per heavy atom. The number of hydrazone groups is 1. The average molecular weight is 334 g/mol. The second-order valence-electron chi connectivity index (χ2n) is 6.01. The second kappa shape index (κ2) is 7.66. The van der Waals surface area contributed by atoms with Gasteiger partial charge < -0.3 is 9.75 Å². The van der Waals surface area contributed by atoms with E-state index in [0.717, 1.165) is 22.7 Å². The third-order valence-electron chi connectivity index (χ3n) is 3.69. The first-order valence-corrected chi connectivity index (χ1v) is 8.15. The number of hydrogen-bond acceptors (Lipinski definition) is 4. The van der Waals surface area contributed by atoms with Crippen LogP contribution in [-0.4, -0.2) is 34.5 Å². The van der Waals surface area contributed by atoms with Crippen molar-refractivity contribution >= 4 is 5.84 Å². The number of imidazole rings is 1. The van der Waals surface area contributed by atoms with Crippen LogP contribution in [0.25, 0.3) is 0 Å². The zero-order chi connectivity index (χ0) is 17.6. The first kappa shape index (κ1) is 16.8. The van der Waals surface area contributed by atoms with Crippen molar-refractivity contribution in [3.63, 3.8) is 0 Å². The summed E-state index contributed by atoms with van der Waals surface area (Å²) in [6.45, 7) is 2.59. The minimum atomic E-state index is 0.510. The highest BCUT2D eigenvalue weighted by Gasteiger charge is 2.13. The maximum absolute atomic E-state index is 6.09. The van der Waals surface area contributed by atoms with Crippen molar-refractivity contribution in [1.29, 1.82) is 0 Å². The van der Waals surface area contributed by atoms with Gasteiger partial charge in [-0.3, -0.25) is 4.57 Å². The van der Waals surface area contributed by atoms with Crippen molar-refractivity contribution in [3.05, 3.63) is 83.9 Å². The second-order valence-corrected chi connectivity index (χ2v) is 6.01. The summed E-state index contributed by atoms with van der Waals surface area (Å²) >= 11 is 0.